The Bertz CT molecular complexity index is 1550. The van der Waals surface area contributed by atoms with Crippen LogP contribution >= 0.6 is 11.3 Å². The van der Waals surface area contributed by atoms with Gasteiger partial charge in [-0.1, -0.05) is 109 Å². The first-order chi connectivity index (χ1) is 16.4. The minimum Gasteiger partial charge on any atom is -0.697 e. The number of benzene rings is 5. The molecule has 5 aromatic carbocycles. The maximum Gasteiger partial charge on any atom is 0.0433 e. The molecule has 0 aliphatic rings. The number of rotatable bonds is 3. The summed E-state index contributed by atoms with van der Waals surface area (Å²) in [7, 11) is 0. The summed E-state index contributed by atoms with van der Waals surface area (Å²) in [6.07, 6.45) is 9.00. The average molecular weight is 438 g/mol. The van der Waals surface area contributed by atoms with Crippen LogP contribution < -0.4 is 0 Å². The Morgan fingerprint density at radius 2 is 1.00 bits per heavy atom. The second kappa shape index (κ2) is 9.17. The Labute approximate surface area is 198 Å². The van der Waals surface area contributed by atoms with Crippen LogP contribution in [0, 0.1) is 12.8 Å². The van der Waals surface area contributed by atoms with Crippen LogP contribution in [0.15, 0.2) is 121 Å². The second-order valence-corrected chi connectivity index (χ2v) is 8.86. The summed E-state index contributed by atoms with van der Waals surface area (Å²) in [5, 5.41) is 2.69. The highest BCUT2D eigenvalue weighted by Gasteiger charge is 2.10. The van der Waals surface area contributed by atoms with Gasteiger partial charge in [-0.15, -0.1) is 11.3 Å². The Morgan fingerprint density at radius 1 is 0.455 bits per heavy atom. The van der Waals surface area contributed by atoms with Crippen LogP contribution in [0.3, 0.4) is 0 Å². The van der Waals surface area contributed by atoms with E-state index in [4.69, 9.17) is 6.42 Å². The highest BCUT2D eigenvalue weighted by molar-refractivity contribution is 7.26. The minimum absolute atomic E-state index is 1.24. The summed E-state index contributed by atoms with van der Waals surface area (Å²) in [5.41, 5.74) is 7.55. The van der Waals surface area contributed by atoms with Crippen LogP contribution in [0.1, 0.15) is 0 Å². The Hall–Kier alpha value is -4.12. The molecule has 0 atom stereocenters. The van der Waals surface area contributed by atoms with E-state index in [0.717, 1.165) is 0 Å². The Kier molecular flexibility index (Phi) is 5.77. The van der Waals surface area contributed by atoms with Crippen LogP contribution in [-0.4, -0.2) is 0 Å². The fraction of sp³-hybridized carbons (Fsp3) is 0. The zero-order chi connectivity index (χ0) is 22.6. The standard InChI is InChI=1S/C30H20S.C2H/c1-2-8-21(9-3-1)22-16-18-23(19-17-22)24-10-6-11-25(20-24)26-13-7-14-28-27-12-4-5-15-29(27)31-30(26)28;1-2/h1-20H;1H/q;-1. The summed E-state index contributed by atoms with van der Waals surface area (Å²) in [6.45, 7) is 0. The lowest BCUT2D eigenvalue weighted by Gasteiger charge is -2.08. The van der Waals surface area contributed by atoms with Crippen LogP contribution in [-0.2, 0) is 0 Å². The van der Waals surface area contributed by atoms with Crippen molar-refractivity contribution < 1.29 is 0 Å². The van der Waals surface area contributed by atoms with Gasteiger partial charge in [0.15, 0.2) is 0 Å². The molecule has 0 nitrogen and oxygen atoms in total. The summed E-state index contributed by atoms with van der Waals surface area (Å²) < 4.78 is 2.71. The summed E-state index contributed by atoms with van der Waals surface area (Å²) in [4.78, 5) is 0. The number of hydrogen-bond donors (Lipinski definition) is 0. The zero-order valence-electron chi connectivity index (χ0n) is 18.0. The predicted molar refractivity (Wildman–Crippen MR) is 144 cm³/mol. The molecule has 0 radical (unpaired) electrons. The van der Waals surface area contributed by atoms with E-state index in [1.807, 2.05) is 11.3 Å². The van der Waals surface area contributed by atoms with Crippen molar-refractivity contribution in [1.82, 2.24) is 0 Å². The molecule has 0 amide bonds. The fourth-order valence-electron chi connectivity index (χ4n) is 4.33. The van der Waals surface area contributed by atoms with Crippen molar-refractivity contribution in [2.24, 2.45) is 0 Å². The topological polar surface area (TPSA) is 0 Å². The van der Waals surface area contributed by atoms with Crippen molar-refractivity contribution in [2.75, 3.05) is 0 Å². The lowest BCUT2D eigenvalue weighted by Crippen LogP contribution is -1.83. The van der Waals surface area contributed by atoms with Crippen LogP contribution in [0.4, 0.5) is 0 Å². The summed E-state index contributed by atoms with van der Waals surface area (Å²) in [6, 6.07) is 43.7. The Balaban J connectivity index is 0.00000111. The van der Waals surface area contributed by atoms with Crippen molar-refractivity contribution in [3.05, 3.63) is 128 Å². The van der Waals surface area contributed by atoms with Crippen LogP contribution in [0.25, 0.3) is 53.6 Å². The predicted octanol–water partition coefficient (Wildman–Crippen LogP) is 9.26. The molecular weight excluding hydrogens is 416 g/mol. The number of hydrogen-bond acceptors (Lipinski definition) is 1. The first-order valence-corrected chi connectivity index (χ1v) is 11.6. The monoisotopic (exact) mass is 437 g/mol. The molecule has 6 rings (SSSR count). The highest BCUT2D eigenvalue weighted by Crippen LogP contribution is 2.40. The van der Waals surface area contributed by atoms with E-state index in [2.05, 4.69) is 128 Å². The van der Waals surface area contributed by atoms with Gasteiger partial charge in [0, 0.05) is 20.2 Å². The molecule has 0 fully saturated rings. The van der Waals surface area contributed by atoms with Gasteiger partial charge >= 0.3 is 0 Å². The quantitative estimate of drug-likeness (QED) is 0.191. The molecule has 0 aliphatic heterocycles. The molecule has 6 aromatic rings. The van der Waals surface area contributed by atoms with Crippen molar-refractivity contribution in [2.45, 2.75) is 0 Å². The number of fused-ring (bicyclic) bond motifs is 3. The molecule has 1 heterocycles. The molecule has 1 heteroatoms. The van der Waals surface area contributed by atoms with Gasteiger partial charge in [0.25, 0.3) is 0 Å². The first kappa shape index (κ1) is 20.8. The molecule has 0 saturated carbocycles. The van der Waals surface area contributed by atoms with E-state index in [0.29, 0.717) is 0 Å². The lowest BCUT2D eigenvalue weighted by molar-refractivity contribution is 1.58. The van der Waals surface area contributed by atoms with Crippen LogP contribution in [0.2, 0.25) is 0 Å². The van der Waals surface area contributed by atoms with Crippen molar-refractivity contribution in [3.63, 3.8) is 0 Å². The van der Waals surface area contributed by atoms with E-state index in [-0.39, 0.29) is 0 Å². The molecule has 0 unspecified atom stereocenters. The van der Waals surface area contributed by atoms with Gasteiger partial charge in [-0.2, -0.15) is 0 Å². The lowest BCUT2D eigenvalue weighted by atomic mass is 9.96. The normalized spacial score (nSPS) is 10.6. The smallest absolute Gasteiger partial charge is 0.0433 e. The van der Waals surface area contributed by atoms with Crippen molar-refractivity contribution in [1.29, 1.82) is 0 Å². The van der Waals surface area contributed by atoms with Crippen molar-refractivity contribution in [3.8, 4) is 39.8 Å². The third-order valence-corrected chi connectivity index (χ3v) is 7.12. The molecule has 156 valence electrons. The van der Waals surface area contributed by atoms with Gasteiger partial charge in [0.05, 0.1) is 0 Å². The molecule has 0 N–H and O–H groups in total. The number of terminal acetylenes is 1. The van der Waals surface area contributed by atoms with Gasteiger partial charge in [0.1, 0.15) is 0 Å². The van der Waals surface area contributed by atoms with Gasteiger partial charge in [-0.25, -0.2) is 0 Å². The second-order valence-electron chi connectivity index (χ2n) is 7.80. The van der Waals surface area contributed by atoms with Crippen molar-refractivity contribution >= 4 is 31.5 Å². The fourth-order valence-corrected chi connectivity index (χ4v) is 5.56. The van der Waals surface area contributed by atoms with Gasteiger partial charge in [-0.3, -0.25) is 0 Å². The maximum absolute atomic E-state index is 5.25. The molecule has 0 saturated heterocycles. The molecular formula is C32H21S-. The molecule has 0 spiro atoms. The molecule has 1 aromatic heterocycles. The third kappa shape index (κ3) is 3.94. The van der Waals surface area contributed by atoms with E-state index in [9.17, 15) is 0 Å². The summed E-state index contributed by atoms with van der Waals surface area (Å²) in [5.74, 6) is 0. The SMILES string of the molecule is [C-]#C.c1ccc(-c2ccc(-c3cccc(-c4cccc5c4sc4ccccc45)c3)cc2)cc1. The van der Waals surface area contributed by atoms with Crippen LogP contribution in [0.5, 0.6) is 0 Å². The molecule has 0 bridgehead atoms. The van der Waals surface area contributed by atoms with E-state index < -0.39 is 0 Å². The zero-order valence-corrected chi connectivity index (χ0v) is 18.8. The van der Waals surface area contributed by atoms with E-state index in [1.54, 1.807) is 0 Å². The molecule has 33 heavy (non-hydrogen) atoms. The first-order valence-electron chi connectivity index (χ1n) is 10.8. The summed E-state index contributed by atoms with van der Waals surface area (Å²) >= 11 is 1.88. The Morgan fingerprint density at radius 3 is 1.79 bits per heavy atom. The largest absolute Gasteiger partial charge is 0.697 e. The highest BCUT2D eigenvalue weighted by atomic mass is 32.1. The van der Waals surface area contributed by atoms with E-state index in [1.165, 1.54) is 53.6 Å². The third-order valence-electron chi connectivity index (χ3n) is 5.90. The minimum atomic E-state index is 1.24. The van der Waals surface area contributed by atoms with E-state index >= 15 is 0 Å². The van der Waals surface area contributed by atoms with Gasteiger partial charge < -0.3 is 12.8 Å². The maximum atomic E-state index is 5.25. The average Bonchev–Trinajstić information content (AvgIpc) is 3.29. The molecule has 0 aliphatic carbocycles. The van der Waals surface area contributed by atoms with Gasteiger partial charge in [-0.05, 0) is 45.5 Å². The number of thiophene rings is 1. The van der Waals surface area contributed by atoms with Gasteiger partial charge in [0.2, 0.25) is 0 Å².